The van der Waals surface area contributed by atoms with Crippen molar-refractivity contribution < 1.29 is 23.1 Å². The highest BCUT2D eigenvalue weighted by molar-refractivity contribution is 6.02. The van der Waals surface area contributed by atoms with E-state index in [1.807, 2.05) is 5.92 Å². The predicted octanol–water partition coefficient (Wildman–Crippen LogP) is 0.348. The van der Waals surface area contributed by atoms with Gasteiger partial charge in [-0.3, -0.25) is 0 Å². The summed E-state index contributed by atoms with van der Waals surface area (Å²) in [5.41, 5.74) is 0. The van der Waals surface area contributed by atoms with E-state index in [-0.39, 0.29) is 0 Å². The Morgan fingerprint density at radius 1 is 1.23 bits per heavy atom. The second kappa shape index (κ2) is 5.73. The third kappa shape index (κ3) is 6.52. The minimum atomic E-state index is -2.93. The number of ether oxygens (including phenoxy) is 1. The first-order valence-electron chi connectivity index (χ1n) is 3.04. The molecule has 0 N–H and O–H groups in total. The number of carbonyl (C=O) groups excluding carboxylic acids is 2. The van der Waals surface area contributed by atoms with Crippen LogP contribution in [0.3, 0.4) is 0 Å². The largest absolute Gasteiger partial charge is 0.392 e. The van der Waals surface area contributed by atoms with Crippen LogP contribution in [-0.2, 0) is 14.3 Å². The van der Waals surface area contributed by atoms with Crippen LogP contribution in [-0.4, -0.2) is 18.4 Å². The van der Waals surface area contributed by atoms with Crippen molar-refractivity contribution in [1.29, 1.82) is 0 Å². The van der Waals surface area contributed by atoms with Gasteiger partial charge in [0.2, 0.25) is 0 Å². The molecule has 0 fully saturated rings. The van der Waals surface area contributed by atoms with Gasteiger partial charge in [0.25, 0.3) is 6.43 Å². The van der Waals surface area contributed by atoms with Gasteiger partial charge in [0.1, 0.15) is 0 Å². The molecule has 0 amide bonds. The first-order valence-corrected chi connectivity index (χ1v) is 3.04. The third-order valence-electron chi connectivity index (χ3n) is 0.696. The number of esters is 2. The standard InChI is InChI=1S/C8H4F2O3/c1-2-3-7(11)13-8(12)5-4-6(9)10/h6H,1H3. The minimum absolute atomic E-state index is 1.11. The zero-order chi connectivity index (χ0) is 10.3. The van der Waals surface area contributed by atoms with Crippen LogP contribution in [0.25, 0.3) is 0 Å². The molecule has 0 saturated heterocycles. The van der Waals surface area contributed by atoms with E-state index in [0.29, 0.717) is 0 Å². The lowest BCUT2D eigenvalue weighted by Gasteiger charge is -1.88. The molecule has 0 bridgehead atoms. The van der Waals surface area contributed by atoms with Crippen LogP contribution in [0.5, 0.6) is 0 Å². The van der Waals surface area contributed by atoms with E-state index in [0.717, 1.165) is 0 Å². The summed E-state index contributed by atoms with van der Waals surface area (Å²) in [5, 5.41) is 0. The molecule has 0 rings (SSSR count). The maximum Gasteiger partial charge on any atom is 0.392 e. The van der Waals surface area contributed by atoms with Gasteiger partial charge in [-0.2, -0.15) is 8.78 Å². The van der Waals surface area contributed by atoms with Crippen molar-refractivity contribution in [2.24, 2.45) is 0 Å². The van der Waals surface area contributed by atoms with Crippen molar-refractivity contribution in [3.63, 3.8) is 0 Å². The van der Waals surface area contributed by atoms with Gasteiger partial charge in [-0.15, -0.1) is 0 Å². The smallest absolute Gasteiger partial charge is 0.373 e. The third-order valence-corrected chi connectivity index (χ3v) is 0.696. The molecule has 0 aliphatic heterocycles. The van der Waals surface area contributed by atoms with Crippen molar-refractivity contribution in [3.05, 3.63) is 0 Å². The van der Waals surface area contributed by atoms with Crippen LogP contribution in [0.4, 0.5) is 8.78 Å². The molecule has 0 aliphatic rings. The molecular weight excluding hydrogens is 182 g/mol. The van der Waals surface area contributed by atoms with Gasteiger partial charge in [0.15, 0.2) is 0 Å². The van der Waals surface area contributed by atoms with Crippen LogP contribution >= 0.6 is 0 Å². The molecule has 0 radical (unpaired) electrons. The Bertz CT molecular complexity index is 325. The molecule has 68 valence electrons. The minimum Gasteiger partial charge on any atom is -0.373 e. The van der Waals surface area contributed by atoms with E-state index in [9.17, 15) is 18.4 Å². The highest BCUT2D eigenvalue weighted by Gasteiger charge is 2.04. The molecule has 0 aliphatic carbocycles. The first kappa shape index (κ1) is 11.1. The summed E-state index contributed by atoms with van der Waals surface area (Å²) in [7, 11) is 0. The molecule has 0 aromatic heterocycles. The Hall–Kier alpha value is -1.88. The summed E-state index contributed by atoms with van der Waals surface area (Å²) < 4.78 is 26.7. The molecule has 0 saturated carbocycles. The highest BCUT2D eigenvalue weighted by atomic mass is 19.3. The summed E-state index contributed by atoms with van der Waals surface area (Å²) in [5.74, 6) is 4.24. The monoisotopic (exact) mass is 186 g/mol. The number of halogens is 2. The lowest BCUT2D eigenvalue weighted by atomic mass is 10.5. The molecule has 0 aromatic carbocycles. The quantitative estimate of drug-likeness (QED) is 0.237. The van der Waals surface area contributed by atoms with Gasteiger partial charge in [-0.25, -0.2) is 9.59 Å². The molecule has 5 heteroatoms. The van der Waals surface area contributed by atoms with Gasteiger partial charge in [-0.05, 0) is 12.8 Å². The van der Waals surface area contributed by atoms with Gasteiger partial charge in [-0.1, -0.05) is 5.92 Å². The fraction of sp³-hybridized carbons (Fsp3) is 0.250. The Morgan fingerprint density at radius 2 is 1.77 bits per heavy atom. The van der Waals surface area contributed by atoms with E-state index in [2.05, 4.69) is 10.7 Å². The van der Waals surface area contributed by atoms with Crippen molar-refractivity contribution in [1.82, 2.24) is 0 Å². The second-order valence-electron chi connectivity index (χ2n) is 1.62. The highest BCUT2D eigenvalue weighted by Crippen LogP contribution is 1.87. The topological polar surface area (TPSA) is 43.4 Å². The SMILES string of the molecule is CC#CC(=O)OC(=O)C#CC(F)F. The lowest BCUT2D eigenvalue weighted by molar-refractivity contribution is -0.151. The maximum atomic E-state index is 11.4. The van der Waals surface area contributed by atoms with Crippen LogP contribution in [0, 0.1) is 23.7 Å². The van der Waals surface area contributed by atoms with Gasteiger partial charge in [0, 0.05) is 11.8 Å². The zero-order valence-electron chi connectivity index (χ0n) is 6.56. The van der Waals surface area contributed by atoms with Crippen LogP contribution in [0.1, 0.15) is 6.92 Å². The first-order chi connectivity index (χ1) is 6.06. The molecule has 3 nitrogen and oxygen atoms in total. The van der Waals surface area contributed by atoms with Crippen LogP contribution in [0.2, 0.25) is 0 Å². The fourth-order valence-electron chi connectivity index (χ4n) is 0.351. The molecule has 0 aromatic rings. The van der Waals surface area contributed by atoms with Gasteiger partial charge < -0.3 is 4.74 Å². The molecule has 0 spiro atoms. The Labute approximate surface area is 73.1 Å². The predicted molar refractivity (Wildman–Crippen MR) is 38.3 cm³/mol. The zero-order valence-corrected chi connectivity index (χ0v) is 6.56. The van der Waals surface area contributed by atoms with E-state index < -0.39 is 18.4 Å². The Morgan fingerprint density at radius 3 is 2.23 bits per heavy atom. The number of carbonyl (C=O) groups is 2. The average Bonchev–Trinajstić information content (AvgIpc) is 2.01. The Kier molecular flexibility index (Phi) is 4.90. The van der Waals surface area contributed by atoms with Crippen LogP contribution in [0.15, 0.2) is 0 Å². The average molecular weight is 186 g/mol. The fourth-order valence-corrected chi connectivity index (χ4v) is 0.351. The number of hydrogen-bond acceptors (Lipinski definition) is 3. The maximum absolute atomic E-state index is 11.4. The summed E-state index contributed by atoms with van der Waals surface area (Å²) in [6.07, 6.45) is -2.93. The molecule has 13 heavy (non-hydrogen) atoms. The summed E-state index contributed by atoms with van der Waals surface area (Å²) in [6.45, 7) is 1.36. The second-order valence-corrected chi connectivity index (χ2v) is 1.62. The van der Waals surface area contributed by atoms with Crippen molar-refractivity contribution in [3.8, 4) is 23.7 Å². The molecule has 0 unspecified atom stereocenters. The van der Waals surface area contributed by atoms with Gasteiger partial charge in [0.05, 0.1) is 0 Å². The van der Waals surface area contributed by atoms with E-state index in [1.54, 1.807) is 0 Å². The van der Waals surface area contributed by atoms with Gasteiger partial charge >= 0.3 is 11.9 Å². The van der Waals surface area contributed by atoms with Crippen molar-refractivity contribution in [2.45, 2.75) is 13.3 Å². The Balaban J connectivity index is 4.10. The summed E-state index contributed by atoms with van der Waals surface area (Å²) in [4.78, 5) is 20.8. The van der Waals surface area contributed by atoms with E-state index in [1.165, 1.54) is 18.8 Å². The van der Waals surface area contributed by atoms with E-state index >= 15 is 0 Å². The lowest BCUT2D eigenvalue weighted by Crippen LogP contribution is -2.08. The number of alkyl halides is 2. The summed E-state index contributed by atoms with van der Waals surface area (Å²) in [6, 6.07) is 0. The van der Waals surface area contributed by atoms with Crippen molar-refractivity contribution in [2.75, 3.05) is 0 Å². The number of hydrogen-bond donors (Lipinski definition) is 0. The molecular formula is C8H4F2O3. The van der Waals surface area contributed by atoms with Crippen LogP contribution < -0.4 is 0 Å². The van der Waals surface area contributed by atoms with Crippen molar-refractivity contribution >= 4 is 11.9 Å². The number of rotatable bonds is 0. The summed E-state index contributed by atoms with van der Waals surface area (Å²) >= 11 is 0. The molecule has 0 heterocycles. The normalized spacial score (nSPS) is 7.69. The molecule has 0 atom stereocenters. The van der Waals surface area contributed by atoms with E-state index in [4.69, 9.17) is 0 Å².